The average molecular weight is 561 g/mol. The Morgan fingerprint density at radius 2 is 2.03 bits per heavy atom. The largest absolute Gasteiger partial charge is 0.478 e. The van der Waals surface area contributed by atoms with Crippen LogP contribution in [0.5, 0.6) is 0 Å². The van der Waals surface area contributed by atoms with Crippen LogP contribution in [0.15, 0.2) is 5.16 Å². The number of hydrogen-bond donors (Lipinski definition) is 4. The fraction of sp³-hybridized carbons (Fsp3) is 0.556. The molecule has 19 heteroatoms. The smallest absolute Gasteiger partial charge is 0.370 e. The summed E-state index contributed by atoms with van der Waals surface area (Å²) < 4.78 is 34.6. The Balaban J connectivity index is 1.57. The number of carboxylic acids is 2. The van der Waals surface area contributed by atoms with E-state index in [0.717, 1.165) is 13.8 Å². The van der Waals surface area contributed by atoms with Crippen molar-refractivity contribution in [1.82, 2.24) is 19.6 Å². The van der Waals surface area contributed by atoms with E-state index in [4.69, 9.17) is 15.3 Å². The van der Waals surface area contributed by atoms with Gasteiger partial charge in [-0.15, -0.1) is 0 Å². The Labute approximate surface area is 211 Å². The number of fused-ring (bicyclic) bond motifs is 3. The molecule has 3 fully saturated rings. The van der Waals surface area contributed by atoms with Crippen LogP contribution in [0, 0.1) is 11.8 Å². The zero-order valence-corrected chi connectivity index (χ0v) is 20.7. The SMILES string of the molecule is CC(C)(O/N=C(\C(=O)NC[C@@H]1C(=O)N2[C@@H]1S(=O)(=O)C[C@@H]1CC(=O)O[C@@]12C(=O)O)c1nsc(N)n1)C(=O)O. The molecule has 4 heterocycles. The Kier molecular flexibility index (Phi) is 6.10. The molecule has 1 aromatic heterocycles. The van der Waals surface area contributed by atoms with Crippen molar-refractivity contribution >= 4 is 61.9 Å². The topological polar surface area (TPSA) is 258 Å². The van der Waals surface area contributed by atoms with E-state index in [9.17, 15) is 42.6 Å². The van der Waals surface area contributed by atoms with Crippen molar-refractivity contribution in [3.63, 3.8) is 0 Å². The highest BCUT2D eigenvalue weighted by atomic mass is 32.2. The molecule has 2 amide bonds. The number of esters is 1. The van der Waals surface area contributed by atoms with Crippen LogP contribution in [-0.2, 0) is 43.4 Å². The number of hydrogen-bond acceptors (Lipinski definition) is 14. The highest BCUT2D eigenvalue weighted by molar-refractivity contribution is 7.92. The summed E-state index contributed by atoms with van der Waals surface area (Å²) in [6.45, 7) is 1.73. The molecule has 37 heavy (non-hydrogen) atoms. The molecule has 0 spiro atoms. The summed E-state index contributed by atoms with van der Waals surface area (Å²) in [5.74, 6) is -9.78. The second-order valence-corrected chi connectivity index (χ2v) is 11.8. The summed E-state index contributed by atoms with van der Waals surface area (Å²) in [6.07, 6.45) is -0.486. The van der Waals surface area contributed by atoms with Gasteiger partial charge in [0.1, 0.15) is 0 Å². The van der Waals surface area contributed by atoms with Crippen LogP contribution in [0.1, 0.15) is 26.1 Å². The van der Waals surface area contributed by atoms with Crippen molar-refractivity contribution in [2.45, 2.75) is 37.0 Å². The lowest BCUT2D eigenvalue weighted by Crippen LogP contribution is -2.80. The van der Waals surface area contributed by atoms with Gasteiger partial charge in [-0.3, -0.25) is 19.3 Å². The Morgan fingerprint density at radius 1 is 1.35 bits per heavy atom. The van der Waals surface area contributed by atoms with Gasteiger partial charge in [-0.25, -0.2) is 18.0 Å². The number of carbonyl (C=O) groups is 5. The van der Waals surface area contributed by atoms with E-state index in [1.54, 1.807) is 0 Å². The number of rotatable bonds is 8. The first-order chi connectivity index (χ1) is 17.1. The van der Waals surface area contributed by atoms with Crippen LogP contribution in [0.2, 0.25) is 0 Å². The van der Waals surface area contributed by atoms with Gasteiger partial charge in [0.25, 0.3) is 11.6 Å². The molecule has 0 aromatic carbocycles. The Morgan fingerprint density at radius 3 is 2.59 bits per heavy atom. The molecule has 17 nitrogen and oxygen atoms in total. The molecule has 0 aliphatic carbocycles. The summed E-state index contributed by atoms with van der Waals surface area (Å²) in [6, 6.07) is 0. The molecule has 3 aliphatic rings. The molecular weight excluding hydrogens is 540 g/mol. The van der Waals surface area contributed by atoms with Gasteiger partial charge in [-0.05, 0) is 13.8 Å². The number of aliphatic carboxylic acids is 2. The van der Waals surface area contributed by atoms with Gasteiger partial charge < -0.3 is 30.8 Å². The monoisotopic (exact) mass is 560 g/mol. The fourth-order valence-corrected chi connectivity index (χ4v) is 7.06. The minimum absolute atomic E-state index is 0.0502. The van der Waals surface area contributed by atoms with E-state index in [1.807, 2.05) is 0 Å². The van der Waals surface area contributed by atoms with Gasteiger partial charge in [0.15, 0.2) is 20.3 Å². The quantitative estimate of drug-likeness (QED) is 0.110. The van der Waals surface area contributed by atoms with Gasteiger partial charge in [-0.1, -0.05) is 5.16 Å². The number of aromatic nitrogens is 2. The summed E-state index contributed by atoms with van der Waals surface area (Å²) >= 11 is 0.703. The van der Waals surface area contributed by atoms with Crippen LogP contribution in [0.3, 0.4) is 0 Å². The third-order valence-electron chi connectivity index (χ3n) is 6.09. The maximum Gasteiger partial charge on any atom is 0.370 e. The molecule has 4 atom stereocenters. The molecule has 3 saturated heterocycles. The highest BCUT2D eigenvalue weighted by Crippen LogP contribution is 2.50. The summed E-state index contributed by atoms with van der Waals surface area (Å²) in [5.41, 5.74) is 0.623. The van der Waals surface area contributed by atoms with E-state index < -0.39 is 92.5 Å². The number of nitrogen functional groups attached to an aromatic ring is 1. The summed E-state index contributed by atoms with van der Waals surface area (Å²) in [5, 5.41) is 23.1. The number of sulfone groups is 1. The first-order valence-corrected chi connectivity index (χ1v) is 13.0. The number of nitrogens with two attached hydrogens (primary N) is 1. The number of β-lactam (4-membered cyclic amide) rings is 1. The van der Waals surface area contributed by atoms with Gasteiger partial charge in [0, 0.05) is 18.1 Å². The summed E-state index contributed by atoms with van der Waals surface area (Å²) in [4.78, 5) is 70.3. The van der Waals surface area contributed by atoms with Crippen molar-refractivity contribution in [1.29, 1.82) is 0 Å². The number of nitrogens with one attached hydrogen (secondary N) is 1. The Hall–Kier alpha value is -3.87. The molecule has 0 radical (unpaired) electrons. The normalized spacial score (nSPS) is 28.4. The number of carbonyl (C=O) groups excluding carboxylic acids is 3. The number of amides is 2. The van der Waals surface area contributed by atoms with Gasteiger partial charge >= 0.3 is 17.9 Å². The molecule has 4 rings (SSSR count). The van der Waals surface area contributed by atoms with Gasteiger partial charge in [0.05, 0.1) is 24.0 Å². The third-order valence-corrected chi connectivity index (χ3v) is 8.77. The molecule has 1 aromatic rings. The number of nitrogens with zero attached hydrogens (tertiary/aromatic N) is 4. The molecule has 0 unspecified atom stereocenters. The van der Waals surface area contributed by atoms with Gasteiger partial charge in [0.2, 0.25) is 23.0 Å². The van der Waals surface area contributed by atoms with Crippen LogP contribution in [0.4, 0.5) is 5.13 Å². The van der Waals surface area contributed by atoms with Crippen LogP contribution in [0.25, 0.3) is 0 Å². The van der Waals surface area contributed by atoms with Crippen molar-refractivity contribution in [3.8, 4) is 0 Å². The van der Waals surface area contributed by atoms with Crippen molar-refractivity contribution in [3.05, 3.63) is 5.82 Å². The third kappa shape index (κ3) is 4.12. The van der Waals surface area contributed by atoms with Crippen molar-refractivity contribution in [2.24, 2.45) is 17.0 Å². The fourth-order valence-electron chi connectivity index (χ4n) is 4.23. The maximum absolute atomic E-state index is 12.9. The lowest BCUT2D eigenvalue weighted by molar-refractivity contribution is -0.220. The lowest BCUT2D eigenvalue weighted by atomic mass is 9.86. The van der Waals surface area contributed by atoms with E-state index in [0.29, 0.717) is 16.4 Å². The Bertz CT molecular complexity index is 1360. The van der Waals surface area contributed by atoms with Gasteiger partial charge in [-0.2, -0.15) is 9.36 Å². The van der Waals surface area contributed by atoms with E-state index in [1.165, 1.54) is 0 Å². The second-order valence-electron chi connectivity index (χ2n) is 8.92. The number of carboxylic acid groups (broad SMARTS) is 2. The van der Waals surface area contributed by atoms with E-state index in [-0.39, 0.29) is 11.0 Å². The van der Waals surface area contributed by atoms with Crippen LogP contribution >= 0.6 is 11.5 Å². The first-order valence-electron chi connectivity index (χ1n) is 10.5. The standard InChI is InChI=1S/C18H20N6O11S2/c1-17(2,14(28)29)35-22-9(10-21-16(19)36-23-10)11(26)20-4-7-12(27)24-13(7)37(32,33)5-6-3-8(25)34-18(6,24)15(30)31/h6-7,13H,3-5H2,1-2H3,(H,20,26)(H,28,29)(H,30,31)(H2,19,21,23)/b22-9-/t6-,7+,13+,18+/m0/s1. The van der Waals surface area contributed by atoms with Crippen molar-refractivity contribution in [2.75, 3.05) is 18.0 Å². The minimum Gasteiger partial charge on any atom is -0.478 e. The lowest BCUT2D eigenvalue weighted by Gasteiger charge is -2.56. The van der Waals surface area contributed by atoms with E-state index >= 15 is 0 Å². The minimum atomic E-state index is -4.11. The van der Waals surface area contributed by atoms with Crippen LogP contribution < -0.4 is 11.1 Å². The molecule has 0 bridgehead atoms. The first kappa shape index (κ1) is 26.2. The second kappa shape index (κ2) is 8.61. The zero-order chi connectivity index (χ0) is 27.5. The van der Waals surface area contributed by atoms with Crippen molar-refractivity contribution < 1.29 is 52.2 Å². The molecular formula is C18H20N6O11S2. The van der Waals surface area contributed by atoms with Crippen LogP contribution in [-0.4, -0.2) is 97.3 Å². The number of anilines is 1. The predicted octanol–water partition coefficient (Wildman–Crippen LogP) is -2.62. The molecule has 200 valence electrons. The maximum atomic E-state index is 12.9. The highest BCUT2D eigenvalue weighted by Gasteiger charge is 2.74. The molecule has 0 saturated carbocycles. The molecule has 3 aliphatic heterocycles. The van der Waals surface area contributed by atoms with E-state index in [2.05, 4.69) is 19.8 Å². The predicted molar refractivity (Wildman–Crippen MR) is 119 cm³/mol. The zero-order valence-electron chi connectivity index (χ0n) is 19.1. The summed E-state index contributed by atoms with van der Waals surface area (Å²) in [7, 11) is -4.11. The number of ether oxygens (including phenoxy) is 1. The number of oxime groups is 1. The average Bonchev–Trinajstić information content (AvgIpc) is 3.34. The molecule has 5 N–H and O–H groups in total.